The highest BCUT2D eigenvalue weighted by Crippen LogP contribution is 2.32. The maximum absolute atomic E-state index is 13.1. The van der Waals surface area contributed by atoms with Crippen molar-refractivity contribution in [3.8, 4) is 0 Å². The van der Waals surface area contributed by atoms with E-state index < -0.39 is 6.04 Å². The summed E-state index contributed by atoms with van der Waals surface area (Å²) in [5.74, 6) is -0.187. The molecule has 0 fully saturated rings. The summed E-state index contributed by atoms with van der Waals surface area (Å²) in [4.78, 5) is 29.1. The van der Waals surface area contributed by atoms with Crippen molar-refractivity contribution in [1.29, 1.82) is 0 Å². The number of carbonyl (C=O) groups is 2. The van der Waals surface area contributed by atoms with E-state index in [1.165, 1.54) is 0 Å². The van der Waals surface area contributed by atoms with Crippen molar-refractivity contribution in [1.82, 2.24) is 4.90 Å². The van der Waals surface area contributed by atoms with E-state index in [-0.39, 0.29) is 17.9 Å². The minimum absolute atomic E-state index is 0.0777. The zero-order valence-corrected chi connectivity index (χ0v) is 13.6. The van der Waals surface area contributed by atoms with E-state index in [1.807, 2.05) is 55.5 Å². The predicted octanol–water partition coefficient (Wildman–Crippen LogP) is 3.25. The second kappa shape index (κ2) is 5.88. The van der Waals surface area contributed by atoms with Gasteiger partial charge in [0.15, 0.2) is 0 Å². The van der Waals surface area contributed by atoms with Crippen molar-refractivity contribution < 1.29 is 9.59 Å². The second-order valence-corrected chi connectivity index (χ2v) is 5.89. The molecule has 0 radical (unpaired) electrons. The number of hydrogen-bond acceptors (Lipinski definition) is 2. The molecule has 1 heterocycles. The molecule has 118 valence electrons. The van der Waals surface area contributed by atoms with Gasteiger partial charge in [0.1, 0.15) is 6.04 Å². The Bertz CT molecular complexity index is 742. The van der Waals surface area contributed by atoms with Gasteiger partial charge in [0.05, 0.1) is 17.3 Å². The Morgan fingerprint density at radius 2 is 1.57 bits per heavy atom. The largest absolute Gasteiger partial charge is 0.320 e. The van der Waals surface area contributed by atoms with Gasteiger partial charge in [0, 0.05) is 7.05 Å². The fraction of sp³-hybridized carbons (Fsp3) is 0.263. The van der Waals surface area contributed by atoms with Crippen LogP contribution in [0.5, 0.6) is 0 Å². The average molecular weight is 308 g/mol. The van der Waals surface area contributed by atoms with Crippen molar-refractivity contribution in [2.75, 3.05) is 11.9 Å². The molecule has 2 amide bonds. The first-order valence-electron chi connectivity index (χ1n) is 7.76. The molecule has 0 spiro atoms. The van der Waals surface area contributed by atoms with Crippen LogP contribution in [0.25, 0.3) is 0 Å². The van der Waals surface area contributed by atoms with Crippen LogP contribution >= 0.6 is 0 Å². The molecule has 2 aromatic carbocycles. The fourth-order valence-electron chi connectivity index (χ4n) is 3.18. The summed E-state index contributed by atoms with van der Waals surface area (Å²) < 4.78 is 0. The van der Waals surface area contributed by atoms with Gasteiger partial charge in [-0.05, 0) is 31.5 Å². The number of anilines is 1. The molecule has 1 aliphatic rings. The molecule has 2 atom stereocenters. The molecule has 0 unspecified atom stereocenters. The van der Waals surface area contributed by atoms with Crippen molar-refractivity contribution in [2.45, 2.75) is 25.9 Å². The number of fused-ring (bicyclic) bond motifs is 1. The van der Waals surface area contributed by atoms with E-state index in [2.05, 4.69) is 0 Å². The summed E-state index contributed by atoms with van der Waals surface area (Å²) in [6, 6.07) is 16.4. The van der Waals surface area contributed by atoms with Crippen LogP contribution in [0.4, 0.5) is 5.69 Å². The quantitative estimate of drug-likeness (QED) is 0.854. The molecule has 0 N–H and O–H groups in total. The molecule has 0 saturated heterocycles. The van der Waals surface area contributed by atoms with Crippen molar-refractivity contribution in [2.24, 2.45) is 0 Å². The predicted molar refractivity (Wildman–Crippen MR) is 90.3 cm³/mol. The Hall–Kier alpha value is -2.62. The maximum Gasteiger partial charge on any atom is 0.257 e. The van der Waals surface area contributed by atoms with Gasteiger partial charge in [0.2, 0.25) is 5.91 Å². The highest BCUT2D eigenvalue weighted by Gasteiger charge is 2.38. The van der Waals surface area contributed by atoms with Crippen LogP contribution in [0.3, 0.4) is 0 Å². The van der Waals surface area contributed by atoms with Crippen LogP contribution in [0.2, 0.25) is 0 Å². The summed E-state index contributed by atoms with van der Waals surface area (Å²) in [7, 11) is 1.72. The van der Waals surface area contributed by atoms with Gasteiger partial charge >= 0.3 is 0 Å². The molecule has 4 heteroatoms. The zero-order valence-electron chi connectivity index (χ0n) is 13.6. The summed E-state index contributed by atoms with van der Waals surface area (Å²) in [6.45, 7) is 3.76. The van der Waals surface area contributed by atoms with E-state index in [4.69, 9.17) is 0 Å². The standard InChI is InChI=1S/C19H20N2O2/c1-13(15-9-5-4-6-10-15)21-14(2)18(22)20(3)17-12-8-7-11-16(17)19(21)23/h4-14H,1-3H3/t13-,14+/m0/s1. The zero-order chi connectivity index (χ0) is 16.6. The Balaban J connectivity index is 2.10. The van der Waals surface area contributed by atoms with Gasteiger partial charge in [0.25, 0.3) is 5.91 Å². The molecule has 0 aromatic heterocycles. The summed E-state index contributed by atoms with van der Waals surface area (Å²) >= 11 is 0. The van der Waals surface area contributed by atoms with E-state index in [9.17, 15) is 9.59 Å². The highest BCUT2D eigenvalue weighted by molar-refractivity contribution is 6.10. The number of carbonyl (C=O) groups excluding carboxylic acids is 2. The average Bonchev–Trinajstić information content (AvgIpc) is 2.66. The second-order valence-electron chi connectivity index (χ2n) is 5.89. The molecule has 4 nitrogen and oxygen atoms in total. The molecule has 23 heavy (non-hydrogen) atoms. The summed E-state index contributed by atoms with van der Waals surface area (Å²) in [5.41, 5.74) is 2.25. The highest BCUT2D eigenvalue weighted by atomic mass is 16.2. The van der Waals surface area contributed by atoms with Gasteiger partial charge in [-0.25, -0.2) is 0 Å². The molecular weight excluding hydrogens is 288 g/mol. The number of nitrogens with zero attached hydrogens (tertiary/aromatic N) is 2. The molecule has 0 bridgehead atoms. The van der Waals surface area contributed by atoms with E-state index in [0.29, 0.717) is 11.3 Å². The van der Waals surface area contributed by atoms with Gasteiger partial charge in [-0.2, -0.15) is 0 Å². The van der Waals surface area contributed by atoms with E-state index >= 15 is 0 Å². The lowest BCUT2D eigenvalue weighted by Gasteiger charge is -2.33. The van der Waals surface area contributed by atoms with Gasteiger partial charge in [-0.3, -0.25) is 9.59 Å². The third kappa shape index (κ3) is 2.50. The van der Waals surface area contributed by atoms with Crippen LogP contribution in [0.1, 0.15) is 35.8 Å². The molecule has 0 saturated carbocycles. The Morgan fingerprint density at radius 1 is 0.957 bits per heavy atom. The smallest absolute Gasteiger partial charge is 0.257 e. The Kier molecular flexibility index (Phi) is 3.90. The third-order valence-corrected chi connectivity index (χ3v) is 4.53. The molecule has 2 aromatic rings. The first-order valence-corrected chi connectivity index (χ1v) is 7.76. The van der Waals surface area contributed by atoms with Crippen LogP contribution in [-0.2, 0) is 4.79 Å². The number of amides is 2. The Morgan fingerprint density at radius 3 is 2.26 bits per heavy atom. The summed E-state index contributed by atoms with van der Waals surface area (Å²) in [6.07, 6.45) is 0. The lowest BCUT2D eigenvalue weighted by atomic mass is 10.0. The molecular formula is C19H20N2O2. The van der Waals surface area contributed by atoms with Crippen molar-refractivity contribution >= 4 is 17.5 Å². The SMILES string of the molecule is C[C@@H]1C(=O)N(C)c2ccccc2C(=O)N1[C@@H](C)c1ccccc1. The maximum atomic E-state index is 13.1. The molecule has 1 aliphatic heterocycles. The number of hydrogen-bond donors (Lipinski definition) is 0. The third-order valence-electron chi connectivity index (χ3n) is 4.53. The molecule has 0 aliphatic carbocycles. The number of rotatable bonds is 2. The van der Waals surface area contributed by atoms with E-state index in [1.54, 1.807) is 29.8 Å². The van der Waals surface area contributed by atoms with Crippen molar-refractivity contribution in [3.63, 3.8) is 0 Å². The number of para-hydroxylation sites is 1. The summed E-state index contributed by atoms with van der Waals surface area (Å²) in [5, 5.41) is 0. The molecule has 3 rings (SSSR count). The first-order chi connectivity index (χ1) is 11.0. The first kappa shape index (κ1) is 15.3. The minimum atomic E-state index is -0.518. The fourth-order valence-corrected chi connectivity index (χ4v) is 3.18. The number of likely N-dealkylation sites (N-methyl/N-ethyl adjacent to an activating group) is 1. The normalized spacial score (nSPS) is 19.3. The van der Waals surface area contributed by atoms with Crippen molar-refractivity contribution in [3.05, 3.63) is 65.7 Å². The minimum Gasteiger partial charge on any atom is -0.320 e. The number of benzene rings is 2. The Labute approximate surface area is 136 Å². The van der Waals surface area contributed by atoms with Crippen LogP contribution in [0, 0.1) is 0 Å². The van der Waals surface area contributed by atoms with Gasteiger partial charge in [-0.15, -0.1) is 0 Å². The van der Waals surface area contributed by atoms with Crippen LogP contribution in [-0.4, -0.2) is 29.8 Å². The lowest BCUT2D eigenvalue weighted by molar-refractivity contribution is -0.122. The van der Waals surface area contributed by atoms with E-state index in [0.717, 1.165) is 5.56 Å². The van der Waals surface area contributed by atoms with Gasteiger partial charge < -0.3 is 9.80 Å². The van der Waals surface area contributed by atoms with Crippen LogP contribution < -0.4 is 4.90 Å². The monoisotopic (exact) mass is 308 g/mol. The van der Waals surface area contributed by atoms with Gasteiger partial charge in [-0.1, -0.05) is 42.5 Å². The topological polar surface area (TPSA) is 40.6 Å². The van der Waals surface area contributed by atoms with Crippen LogP contribution in [0.15, 0.2) is 54.6 Å². The lowest BCUT2D eigenvalue weighted by Crippen LogP contribution is -2.46.